The molecule has 0 saturated heterocycles. The summed E-state index contributed by atoms with van der Waals surface area (Å²) in [4.78, 5) is 2.07. The van der Waals surface area contributed by atoms with Crippen molar-refractivity contribution in [3.8, 4) is 0 Å². The van der Waals surface area contributed by atoms with Crippen LogP contribution in [-0.2, 0) is 21.2 Å². The molecule has 0 amide bonds. The molecular formula is C17H21NO3S2. The van der Waals surface area contributed by atoms with Gasteiger partial charge in [0.25, 0.3) is 0 Å². The number of fused-ring (bicyclic) bond motifs is 2. The van der Waals surface area contributed by atoms with Gasteiger partial charge >= 0.3 is 0 Å². The molecule has 0 fully saturated rings. The van der Waals surface area contributed by atoms with E-state index in [1.807, 2.05) is 32.3 Å². The molecule has 0 saturated carbocycles. The van der Waals surface area contributed by atoms with Crippen molar-refractivity contribution in [3.63, 3.8) is 0 Å². The third kappa shape index (κ3) is 2.96. The summed E-state index contributed by atoms with van der Waals surface area (Å²) in [6.07, 6.45) is 1.29. The van der Waals surface area contributed by atoms with E-state index < -0.39 is 15.4 Å². The van der Waals surface area contributed by atoms with Crippen LogP contribution in [0.1, 0.15) is 29.5 Å². The highest BCUT2D eigenvalue weighted by Gasteiger charge is 2.41. The second-order valence-electron chi connectivity index (χ2n) is 6.31. The number of thiophene rings is 1. The Morgan fingerprint density at radius 2 is 1.96 bits per heavy atom. The summed E-state index contributed by atoms with van der Waals surface area (Å²) < 4.78 is 25.7. The largest absolute Gasteiger partial charge is 0.380 e. The molecule has 23 heavy (non-hydrogen) atoms. The molecule has 6 heteroatoms. The predicted octanol–water partition coefficient (Wildman–Crippen LogP) is 2.61. The molecule has 1 aromatic heterocycles. The first-order chi connectivity index (χ1) is 10.8. The van der Waals surface area contributed by atoms with Crippen LogP contribution in [0.3, 0.4) is 0 Å². The van der Waals surface area contributed by atoms with Crippen LogP contribution in [0.15, 0.2) is 39.9 Å². The van der Waals surface area contributed by atoms with Gasteiger partial charge < -0.3 is 10.0 Å². The topological polar surface area (TPSA) is 57.6 Å². The zero-order chi connectivity index (χ0) is 16.7. The number of nitrogens with zero attached hydrogens (tertiary/aromatic N) is 1. The molecule has 1 atom stereocenters. The van der Waals surface area contributed by atoms with Gasteiger partial charge in [-0.05, 0) is 56.1 Å². The predicted molar refractivity (Wildman–Crippen MR) is 92.4 cm³/mol. The van der Waals surface area contributed by atoms with Crippen LogP contribution in [-0.4, -0.2) is 39.1 Å². The zero-order valence-corrected chi connectivity index (χ0v) is 15.0. The van der Waals surface area contributed by atoms with Crippen molar-refractivity contribution in [3.05, 3.63) is 52.4 Å². The van der Waals surface area contributed by atoms with Crippen molar-refractivity contribution in [2.45, 2.75) is 28.4 Å². The Morgan fingerprint density at radius 3 is 2.70 bits per heavy atom. The van der Waals surface area contributed by atoms with Gasteiger partial charge in [0.1, 0.15) is 9.81 Å². The number of rotatable bonds is 4. The summed E-state index contributed by atoms with van der Waals surface area (Å²) in [6.45, 7) is 0.844. The summed E-state index contributed by atoms with van der Waals surface area (Å²) >= 11 is 1.20. The molecule has 124 valence electrons. The van der Waals surface area contributed by atoms with Gasteiger partial charge in [0.2, 0.25) is 0 Å². The van der Waals surface area contributed by atoms with Crippen molar-refractivity contribution >= 4 is 21.2 Å². The second kappa shape index (κ2) is 6.02. The van der Waals surface area contributed by atoms with E-state index in [-0.39, 0.29) is 5.75 Å². The van der Waals surface area contributed by atoms with E-state index in [9.17, 15) is 13.5 Å². The van der Waals surface area contributed by atoms with E-state index in [4.69, 9.17) is 0 Å². The van der Waals surface area contributed by atoms with Crippen LogP contribution in [0, 0.1) is 0 Å². The monoisotopic (exact) mass is 351 g/mol. The lowest BCUT2D eigenvalue weighted by Crippen LogP contribution is -2.29. The Morgan fingerprint density at radius 1 is 1.22 bits per heavy atom. The van der Waals surface area contributed by atoms with E-state index in [1.54, 1.807) is 17.5 Å². The van der Waals surface area contributed by atoms with Crippen LogP contribution in [0.25, 0.3) is 0 Å². The van der Waals surface area contributed by atoms with Gasteiger partial charge in [0.05, 0.1) is 5.75 Å². The average Bonchev–Trinajstić information content (AvgIpc) is 2.95. The molecule has 2 heterocycles. The molecule has 3 rings (SSSR count). The number of sulfone groups is 1. The van der Waals surface area contributed by atoms with Crippen molar-refractivity contribution in [1.29, 1.82) is 0 Å². The quantitative estimate of drug-likeness (QED) is 0.920. The molecule has 1 aromatic carbocycles. The molecule has 0 aliphatic carbocycles. The molecule has 0 radical (unpaired) electrons. The molecule has 2 aromatic rings. The molecular weight excluding hydrogens is 330 g/mol. The van der Waals surface area contributed by atoms with Crippen molar-refractivity contribution < 1.29 is 13.5 Å². The van der Waals surface area contributed by atoms with Crippen molar-refractivity contribution in [2.75, 3.05) is 20.6 Å². The van der Waals surface area contributed by atoms with Gasteiger partial charge in [-0.3, -0.25) is 0 Å². The maximum Gasteiger partial charge on any atom is 0.192 e. The van der Waals surface area contributed by atoms with Crippen molar-refractivity contribution in [1.82, 2.24) is 4.90 Å². The van der Waals surface area contributed by atoms with Crippen LogP contribution < -0.4 is 0 Å². The van der Waals surface area contributed by atoms with E-state index in [0.29, 0.717) is 21.8 Å². The van der Waals surface area contributed by atoms with Crippen molar-refractivity contribution in [2.24, 2.45) is 0 Å². The lowest BCUT2D eigenvalue weighted by Gasteiger charge is -2.30. The summed E-state index contributed by atoms with van der Waals surface area (Å²) in [5, 5.41) is 13.3. The highest BCUT2D eigenvalue weighted by molar-refractivity contribution is 7.92. The summed E-state index contributed by atoms with van der Waals surface area (Å²) in [7, 11) is 0.570. The van der Waals surface area contributed by atoms with Gasteiger partial charge in [-0.15, -0.1) is 11.3 Å². The van der Waals surface area contributed by atoms with E-state index in [0.717, 1.165) is 18.5 Å². The molecule has 0 spiro atoms. The normalized spacial score (nSPS) is 22.4. The van der Waals surface area contributed by atoms with E-state index >= 15 is 0 Å². The van der Waals surface area contributed by atoms with E-state index in [2.05, 4.69) is 4.90 Å². The summed E-state index contributed by atoms with van der Waals surface area (Å²) in [5.74, 6) is -0.0489. The van der Waals surface area contributed by atoms with Crippen LogP contribution in [0.5, 0.6) is 0 Å². The number of hydrogen-bond acceptors (Lipinski definition) is 5. The standard InChI is InChI=1S/C17H21NO3S2/c1-18(2)10-5-9-17(19)14-7-4-3-6-13(14)12-23(20,21)16-15(17)8-11-22-16/h3-4,6-8,11,19H,5,9-10,12H2,1-2H3. The SMILES string of the molecule is CN(C)CCCC1(O)c2ccccc2CS(=O)(=O)c2sccc21. The average molecular weight is 351 g/mol. The minimum absolute atomic E-state index is 0.0489. The maximum atomic E-state index is 12.7. The number of benzene rings is 1. The molecule has 1 aliphatic heterocycles. The Bertz CT molecular complexity index is 811. The van der Waals surface area contributed by atoms with Gasteiger partial charge in [-0.2, -0.15) is 0 Å². The fourth-order valence-electron chi connectivity index (χ4n) is 3.23. The molecule has 1 unspecified atom stereocenters. The summed E-state index contributed by atoms with van der Waals surface area (Å²) in [5.41, 5.74) is 0.708. The van der Waals surface area contributed by atoms with Crippen LogP contribution in [0.2, 0.25) is 0 Å². The number of aliphatic hydroxyl groups is 1. The Balaban J connectivity index is 2.15. The smallest absolute Gasteiger partial charge is 0.192 e. The maximum absolute atomic E-state index is 12.7. The molecule has 1 N–H and O–H groups in total. The first-order valence-corrected chi connectivity index (χ1v) is 10.1. The zero-order valence-electron chi connectivity index (χ0n) is 13.3. The molecule has 1 aliphatic rings. The highest BCUT2D eigenvalue weighted by atomic mass is 32.2. The van der Waals surface area contributed by atoms with Gasteiger partial charge in [0.15, 0.2) is 9.84 Å². The second-order valence-corrected chi connectivity index (χ2v) is 9.41. The highest BCUT2D eigenvalue weighted by Crippen LogP contribution is 2.45. The third-order valence-electron chi connectivity index (χ3n) is 4.31. The fourth-order valence-corrected chi connectivity index (χ4v) is 6.21. The lowest BCUT2D eigenvalue weighted by atomic mass is 9.82. The Labute approximate surface area is 141 Å². The fraction of sp³-hybridized carbons (Fsp3) is 0.412. The minimum atomic E-state index is -3.41. The van der Waals surface area contributed by atoms with Gasteiger partial charge in [0, 0.05) is 5.56 Å². The first kappa shape index (κ1) is 16.6. The van der Waals surface area contributed by atoms with Gasteiger partial charge in [-0.25, -0.2) is 8.42 Å². The Kier molecular flexibility index (Phi) is 4.35. The van der Waals surface area contributed by atoms with Crippen LogP contribution in [0.4, 0.5) is 0 Å². The molecule has 4 nitrogen and oxygen atoms in total. The summed E-state index contributed by atoms with van der Waals surface area (Å²) in [6, 6.07) is 9.11. The minimum Gasteiger partial charge on any atom is -0.380 e. The van der Waals surface area contributed by atoms with Crippen LogP contribution >= 0.6 is 11.3 Å². The first-order valence-electron chi connectivity index (χ1n) is 7.61. The lowest BCUT2D eigenvalue weighted by molar-refractivity contribution is 0.0642. The Hall–Kier alpha value is -1.21. The third-order valence-corrected chi connectivity index (χ3v) is 7.54. The van der Waals surface area contributed by atoms with E-state index in [1.165, 1.54) is 11.3 Å². The molecule has 0 bridgehead atoms. The van der Waals surface area contributed by atoms with Gasteiger partial charge in [-0.1, -0.05) is 24.3 Å². The number of hydrogen-bond donors (Lipinski definition) is 1.